The average Bonchev–Trinajstić information content (AvgIpc) is 2.83. The van der Waals surface area contributed by atoms with Gasteiger partial charge in [0.25, 0.3) is 0 Å². The molecule has 0 aromatic carbocycles. The van der Waals surface area contributed by atoms with Crippen molar-refractivity contribution < 1.29 is 0 Å². The zero-order valence-corrected chi connectivity index (χ0v) is 14.7. The first kappa shape index (κ1) is 16.7. The Kier molecular flexibility index (Phi) is 4.71. The van der Waals surface area contributed by atoms with Crippen LogP contribution in [-0.4, -0.2) is 39.8 Å². The van der Waals surface area contributed by atoms with E-state index < -0.39 is 0 Å². The van der Waals surface area contributed by atoms with Crippen LogP contribution in [0.4, 0.5) is 11.8 Å². The summed E-state index contributed by atoms with van der Waals surface area (Å²) in [5.74, 6) is 1.66. The van der Waals surface area contributed by atoms with Gasteiger partial charge in [-0.3, -0.25) is 5.10 Å². The van der Waals surface area contributed by atoms with E-state index >= 15 is 0 Å². The number of aryl methyl sites for hydroxylation is 2. The molecule has 2 aromatic rings. The van der Waals surface area contributed by atoms with Gasteiger partial charge in [-0.2, -0.15) is 10.1 Å². The van der Waals surface area contributed by atoms with Gasteiger partial charge in [-0.15, -0.1) is 0 Å². The molecule has 1 saturated carbocycles. The predicted octanol–water partition coefficient (Wildman–Crippen LogP) is 1.67. The van der Waals surface area contributed by atoms with Crippen molar-refractivity contribution in [3.05, 3.63) is 28.7 Å². The number of aromatic amines is 1. The number of nitrogen functional groups attached to an aromatic ring is 1. The van der Waals surface area contributed by atoms with Gasteiger partial charge in [0.15, 0.2) is 0 Å². The zero-order chi connectivity index (χ0) is 17.3. The number of nitrogens with zero attached hydrogens (tertiary/aromatic N) is 4. The van der Waals surface area contributed by atoms with Gasteiger partial charge in [0.2, 0.25) is 5.95 Å². The number of hydrogen-bond donors (Lipinski definition) is 3. The number of anilines is 2. The lowest BCUT2D eigenvalue weighted by atomic mass is 9.78. The molecule has 130 valence electrons. The Bertz CT molecular complexity index is 683. The van der Waals surface area contributed by atoms with Gasteiger partial charge in [-0.05, 0) is 45.1 Å². The van der Waals surface area contributed by atoms with Gasteiger partial charge in [-0.1, -0.05) is 0 Å². The van der Waals surface area contributed by atoms with Crippen LogP contribution >= 0.6 is 0 Å². The average molecular weight is 329 g/mol. The molecule has 1 fully saturated rings. The van der Waals surface area contributed by atoms with Crippen LogP contribution in [0.15, 0.2) is 6.07 Å². The fourth-order valence-electron chi connectivity index (χ4n) is 3.33. The second kappa shape index (κ2) is 6.76. The monoisotopic (exact) mass is 329 g/mol. The van der Waals surface area contributed by atoms with Crippen molar-refractivity contribution in [1.82, 2.24) is 20.2 Å². The molecule has 7 heteroatoms. The summed E-state index contributed by atoms with van der Waals surface area (Å²) < 4.78 is 0. The molecule has 0 saturated heterocycles. The van der Waals surface area contributed by atoms with Crippen LogP contribution in [-0.2, 0) is 6.42 Å². The topological polar surface area (TPSA) is 110 Å². The molecule has 0 bridgehead atoms. The molecule has 0 atom stereocenters. The Morgan fingerprint density at radius 2 is 2.04 bits per heavy atom. The van der Waals surface area contributed by atoms with E-state index in [1.54, 1.807) is 0 Å². The summed E-state index contributed by atoms with van der Waals surface area (Å²) >= 11 is 0. The van der Waals surface area contributed by atoms with Crippen LogP contribution in [0, 0.1) is 13.8 Å². The Balaban J connectivity index is 1.61. The van der Waals surface area contributed by atoms with E-state index in [0.29, 0.717) is 17.9 Å². The third-order valence-corrected chi connectivity index (χ3v) is 4.93. The van der Waals surface area contributed by atoms with Crippen molar-refractivity contribution in [1.29, 1.82) is 0 Å². The van der Waals surface area contributed by atoms with Gasteiger partial charge in [0.1, 0.15) is 5.82 Å². The van der Waals surface area contributed by atoms with Crippen LogP contribution in [0.3, 0.4) is 0 Å². The molecule has 1 aliphatic carbocycles. The maximum Gasteiger partial charge on any atom is 0.222 e. The molecule has 7 nitrogen and oxygen atoms in total. The molecule has 2 aromatic heterocycles. The largest absolute Gasteiger partial charge is 0.368 e. The second-order valence-corrected chi connectivity index (χ2v) is 6.88. The molecule has 1 aliphatic rings. The normalized spacial score (nSPS) is 20.0. The van der Waals surface area contributed by atoms with Gasteiger partial charge < -0.3 is 16.4 Å². The Labute approximate surface area is 142 Å². The highest BCUT2D eigenvalue weighted by Gasteiger charge is 2.29. The molecule has 0 radical (unpaired) electrons. The minimum Gasteiger partial charge on any atom is -0.368 e. The second-order valence-electron chi connectivity index (χ2n) is 6.88. The van der Waals surface area contributed by atoms with Crippen molar-refractivity contribution in [2.45, 2.75) is 51.5 Å². The standard InChI is InChI=1S/C17H27N7/c1-10-14(11(2)23-22-10)5-4-6-24(3)16-9-15(20-17(19)21-16)12-7-13(18)8-12/h9,12-13H,4-8,18H2,1-3H3,(H,22,23)(H2,19,20,21). The molecular weight excluding hydrogens is 302 g/mol. The van der Waals surface area contributed by atoms with Crippen LogP contribution in [0.5, 0.6) is 0 Å². The highest BCUT2D eigenvalue weighted by atomic mass is 15.2. The summed E-state index contributed by atoms with van der Waals surface area (Å²) in [6.07, 6.45) is 4.01. The summed E-state index contributed by atoms with van der Waals surface area (Å²) in [6, 6.07) is 2.36. The molecule has 3 rings (SSSR count). The van der Waals surface area contributed by atoms with E-state index in [1.807, 2.05) is 14.0 Å². The number of H-pyrrole nitrogens is 1. The van der Waals surface area contributed by atoms with Crippen LogP contribution in [0.2, 0.25) is 0 Å². The summed E-state index contributed by atoms with van der Waals surface area (Å²) in [5.41, 5.74) is 16.4. The lowest BCUT2D eigenvalue weighted by molar-refractivity contribution is 0.345. The highest BCUT2D eigenvalue weighted by molar-refractivity contribution is 5.44. The lowest BCUT2D eigenvalue weighted by Crippen LogP contribution is -2.35. The van der Waals surface area contributed by atoms with E-state index in [0.717, 1.165) is 55.1 Å². The Morgan fingerprint density at radius 3 is 2.67 bits per heavy atom. The smallest absolute Gasteiger partial charge is 0.222 e. The van der Waals surface area contributed by atoms with E-state index in [2.05, 4.69) is 38.1 Å². The maximum atomic E-state index is 5.90. The minimum absolute atomic E-state index is 0.300. The molecule has 24 heavy (non-hydrogen) atoms. The molecule has 0 aliphatic heterocycles. The van der Waals surface area contributed by atoms with E-state index in [1.165, 1.54) is 5.56 Å². The Hall–Kier alpha value is -2.15. The highest BCUT2D eigenvalue weighted by Crippen LogP contribution is 2.35. The summed E-state index contributed by atoms with van der Waals surface area (Å²) in [7, 11) is 2.05. The molecule has 0 amide bonds. The quantitative estimate of drug-likeness (QED) is 0.743. The van der Waals surface area contributed by atoms with E-state index in [9.17, 15) is 0 Å². The van der Waals surface area contributed by atoms with E-state index in [4.69, 9.17) is 11.5 Å². The molecule has 0 unspecified atom stereocenters. The lowest BCUT2D eigenvalue weighted by Gasteiger charge is -2.32. The number of rotatable bonds is 6. The number of hydrogen-bond acceptors (Lipinski definition) is 6. The third-order valence-electron chi connectivity index (χ3n) is 4.93. The van der Waals surface area contributed by atoms with Crippen LogP contribution < -0.4 is 16.4 Å². The summed E-state index contributed by atoms with van der Waals surface area (Å²) in [5, 5.41) is 7.29. The number of nitrogens with one attached hydrogen (secondary N) is 1. The van der Waals surface area contributed by atoms with Crippen LogP contribution in [0.1, 0.15) is 47.8 Å². The summed E-state index contributed by atoms with van der Waals surface area (Å²) in [6.45, 7) is 5.02. The first-order valence-electron chi connectivity index (χ1n) is 8.55. The number of aromatic nitrogens is 4. The van der Waals surface area contributed by atoms with Crippen molar-refractivity contribution in [3.63, 3.8) is 0 Å². The fraction of sp³-hybridized carbons (Fsp3) is 0.588. The molecule has 5 N–H and O–H groups in total. The first-order chi connectivity index (χ1) is 11.4. The molecule has 2 heterocycles. The van der Waals surface area contributed by atoms with E-state index in [-0.39, 0.29) is 0 Å². The SMILES string of the molecule is Cc1n[nH]c(C)c1CCCN(C)c1cc(C2CC(N)C2)nc(N)n1. The van der Waals surface area contributed by atoms with Crippen LogP contribution in [0.25, 0.3) is 0 Å². The van der Waals surface area contributed by atoms with Gasteiger partial charge in [-0.25, -0.2) is 4.98 Å². The van der Waals surface area contributed by atoms with Crippen molar-refractivity contribution in [2.75, 3.05) is 24.2 Å². The van der Waals surface area contributed by atoms with Gasteiger partial charge in [0, 0.05) is 37.3 Å². The van der Waals surface area contributed by atoms with Crippen molar-refractivity contribution in [2.24, 2.45) is 5.73 Å². The van der Waals surface area contributed by atoms with Gasteiger partial charge >= 0.3 is 0 Å². The summed E-state index contributed by atoms with van der Waals surface area (Å²) in [4.78, 5) is 10.9. The maximum absolute atomic E-state index is 5.90. The predicted molar refractivity (Wildman–Crippen MR) is 96.0 cm³/mol. The Morgan fingerprint density at radius 1 is 1.29 bits per heavy atom. The minimum atomic E-state index is 0.300. The third kappa shape index (κ3) is 3.51. The first-order valence-corrected chi connectivity index (χ1v) is 8.55. The fourth-order valence-corrected chi connectivity index (χ4v) is 3.33. The zero-order valence-electron chi connectivity index (χ0n) is 14.7. The number of nitrogens with two attached hydrogens (primary N) is 2. The van der Waals surface area contributed by atoms with Gasteiger partial charge in [0.05, 0.1) is 11.4 Å². The molecular formula is C17H27N7. The molecule has 0 spiro atoms. The van der Waals surface area contributed by atoms with Crippen molar-refractivity contribution in [3.8, 4) is 0 Å². The van der Waals surface area contributed by atoms with Crippen molar-refractivity contribution >= 4 is 11.8 Å².